The van der Waals surface area contributed by atoms with E-state index in [4.69, 9.17) is 4.74 Å². The van der Waals surface area contributed by atoms with Gasteiger partial charge < -0.3 is 20.7 Å². The van der Waals surface area contributed by atoms with Gasteiger partial charge in [-0.2, -0.15) is 5.10 Å². The summed E-state index contributed by atoms with van der Waals surface area (Å²) in [4.78, 5) is 26.9. The predicted octanol–water partition coefficient (Wildman–Crippen LogP) is 5.52. The van der Waals surface area contributed by atoms with E-state index in [-0.39, 0.29) is 11.8 Å². The van der Waals surface area contributed by atoms with Gasteiger partial charge >= 0.3 is 0 Å². The Hall–Kier alpha value is -4.92. The molecule has 0 bridgehead atoms. The molecular formula is C29H26FN5O3. The molecule has 1 aliphatic heterocycles. The number of allylic oxidation sites excluding steroid dienone is 1. The summed E-state index contributed by atoms with van der Waals surface area (Å²) in [7, 11) is 1.53. The average molecular weight is 512 g/mol. The number of methoxy groups -OCH3 is 1. The Labute approximate surface area is 219 Å². The number of hydrogen-bond donors (Lipinski definition) is 3. The number of amides is 2. The molecule has 0 radical (unpaired) electrons. The number of benzene rings is 3. The summed E-state index contributed by atoms with van der Waals surface area (Å²) in [5.74, 6) is -0.202. The highest BCUT2D eigenvalue weighted by molar-refractivity contribution is 6.09. The first-order chi connectivity index (χ1) is 18.4. The lowest BCUT2D eigenvalue weighted by molar-refractivity contribution is -0.113. The molecule has 0 fully saturated rings. The molecule has 1 aromatic heterocycles. The third-order valence-electron chi connectivity index (χ3n) is 6.33. The molecule has 0 unspecified atom stereocenters. The summed E-state index contributed by atoms with van der Waals surface area (Å²) < 4.78 is 20.8. The van der Waals surface area contributed by atoms with E-state index in [0.29, 0.717) is 45.3 Å². The van der Waals surface area contributed by atoms with Crippen molar-refractivity contribution < 1.29 is 18.7 Å². The number of anilines is 3. The minimum atomic E-state index is -0.720. The highest BCUT2D eigenvalue weighted by Gasteiger charge is 2.35. The maximum atomic E-state index is 13.8. The molecule has 0 saturated carbocycles. The van der Waals surface area contributed by atoms with E-state index in [0.717, 1.165) is 5.56 Å². The fourth-order valence-corrected chi connectivity index (χ4v) is 4.53. The van der Waals surface area contributed by atoms with Crippen LogP contribution in [0.2, 0.25) is 0 Å². The smallest absolute Gasteiger partial charge is 0.261 e. The van der Waals surface area contributed by atoms with Crippen LogP contribution in [0.3, 0.4) is 0 Å². The molecule has 0 spiro atoms. The molecule has 3 aromatic carbocycles. The van der Waals surface area contributed by atoms with Crippen LogP contribution >= 0.6 is 0 Å². The number of fused-ring (bicyclic) bond motifs is 1. The molecule has 2 heterocycles. The molecule has 3 N–H and O–H groups in total. The molecular weight excluding hydrogens is 485 g/mol. The number of hydrogen-bond acceptors (Lipinski definition) is 5. The molecule has 38 heavy (non-hydrogen) atoms. The third-order valence-corrected chi connectivity index (χ3v) is 6.33. The Kier molecular flexibility index (Phi) is 6.66. The van der Waals surface area contributed by atoms with Gasteiger partial charge in [-0.3, -0.25) is 9.59 Å². The van der Waals surface area contributed by atoms with Crippen LogP contribution in [-0.2, 0) is 4.79 Å². The van der Waals surface area contributed by atoms with Crippen molar-refractivity contribution >= 4 is 29.0 Å². The lowest BCUT2D eigenvalue weighted by Gasteiger charge is -2.30. The molecule has 1 atom stereocenters. The Morgan fingerprint density at radius 3 is 2.47 bits per heavy atom. The molecule has 2 amide bonds. The zero-order valence-electron chi connectivity index (χ0n) is 21.1. The van der Waals surface area contributed by atoms with Crippen molar-refractivity contribution in [1.29, 1.82) is 0 Å². The van der Waals surface area contributed by atoms with Gasteiger partial charge in [-0.25, -0.2) is 9.07 Å². The summed E-state index contributed by atoms with van der Waals surface area (Å²) >= 11 is 0. The minimum Gasteiger partial charge on any atom is -0.495 e. The van der Waals surface area contributed by atoms with Crippen molar-refractivity contribution in [3.63, 3.8) is 0 Å². The lowest BCUT2D eigenvalue weighted by atomic mass is 9.94. The van der Waals surface area contributed by atoms with Crippen molar-refractivity contribution in [2.75, 3.05) is 23.1 Å². The van der Waals surface area contributed by atoms with Crippen LogP contribution in [0.25, 0.3) is 0 Å². The molecule has 5 rings (SSSR count). The summed E-state index contributed by atoms with van der Waals surface area (Å²) in [5.41, 5.74) is 4.01. The second kappa shape index (κ2) is 10.2. The highest BCUT2D eigenvalue weighted by Crippen LogP contribution is 2.38. The normalized spacial score (nSPS) is 14.4. The largest absolute Gasteiger partial charge is 0.495 e. The second-order valence-electron chi connectivity index (χ2n) is 8.95. The highest BCUT2D eigenvalue weighted by atomic mass is 19.1. The lowest BCUT2D eigenvalue weighted by Crippen LogP contribution is -2.32. The van der Waals surface area contributed by atoms with Gasteiger partial charge in [-0.1, -0.05) is 36.4 Å². The van der Waals surface area contributed by atoms with Crippen molar-refractivity contribution in [3.8, 4) is 5.75 Å². The first kappa shape index (κ1) is 24.8. The molecule has 0 saturated heterocycles. The Morgan fingerprint density at radius 2 is 1.74 bits per heavy atom. The van der Waals surface area contributed by atoms with Gasteiger partial charge in [-0.05, 0) is 61.4 Å². The van der Waals surface area contributed by atoms with Crippen LogP contribution < -0.4 is 20.7 Å². The Morgan fingerprint density at radius 1 is 0.974 bits per heavy atom. The van der Waals surface area contributed by atoms with Gasteiger partial charge in [0.1, 0.15) is 29.0 Å². The maximum Gasteiger partial charge on any atom is 0.261 e. The van der Waals surface area contributed by atoms with Crippen LogP contribution in [0.4, 0.5) is 21.6 Å². The second-order valence-corrected chi connectivity index (χ2v) is 8.95. The number of nitrogens with zero attached hydrogens (tertiary/aromatic N) is 2. The Balaban J connectivity index is 1.54. The molecule has 9 heteroatoms. The number of aryl methyl sites for hydroxylation is 1. The van der Waals surface area contributed by atoms with Crippen LogP contribution in [0.5, 0.6) is 5.75 Å². The van der Waals surface area contributed by atoms with Crippen molar-refractivity contribution in [2.45, 2.75) is 19.9 Å². The zero-order chi connectivity index (χ0) is 26.8. The average Bonchev–Trinajstić information content (AvgIpc) is 3.32. The molecule has 0 aliphatic carbocycles. The zero-order valence-corrected chi connectivity index (χ0v) is 21.1. The first-order valence-electron chi connectivity index (χ1n) is 12.0. The van der Waals surface area contributed by atoms with Gasteiger partial charge in [0.05, 0.1) is 24.6 Å². The van der Waals surface area contributed by atoms with Crippen molar-refractivity contribution in [3.05, 3.63) is 113 Å². The molecule has 1 aliphatic rings. The number of rotatable bonds is 6. The minimum absolute atomic E-state index is 0.308. The number of aromatic nitrogens is 2. The fourth-order valence-electron chi connectivity index (χ4n) is 4.53. The fraction of sp³-hybridized carbons (Fsp3) is 0.138. The summed E-state index contributed by atoms with van der Waals surface area (Å²) in [5, 5.41) is 13.5. The van der Waals surface area contributed by atoms with E-state index in [9.17, 15) is 14.0 Å². The SMILES string of the molecule is COc1ccccc1NC(=O)C1=C(C)Nc2c(C(=O)Nc3cccc(C)c3)cnn2[C@H]1c1ccc(F)cc1. The molecule has 4 aromatic rings. The van der Waals surface area contributed by atoms with Crippen molar-refractivity contribution in [1.82, 2.24) is 9.78 Å². The number of ether oxygens (including phenoxy) is 1. The third kappa shape index (κ3) is 4.73. The predicted molar refractivity (Wildman–Crippen MR) is 144 cm³/mol. The maximum absolute atomic E-state index is 13.8. The van der Waals surface area contributed by atoms with E-state index in [1.165, 1.54) is 25.4 Å². The molecule has 8 nitrogen and oxygen atoms in total. The monoisotopic (exact) mass is 511 g/mol. The topological polar surface area (TPSA) is 97.3 Å². The van der Waals surface area contributed by atoms with Gasteiger partial charge in [0.15, 0.2) is 0 Å². The van der Waals surface area contributed by atoms with Gasteiger partial charge in [0.2, 0.25) is 0 Å². The van der Waals surface area contributed by atoms with E-state index in [1.54, 1.807) is 48.0 Å². The van der Waals surface area contributed by atoms with Gasteiger partial charge in [-0.15, -0.1) is 0 Å². The van der Waals surface area contributed by atoms with Gasteiger partial charge in [0.25, 0.3) is 11.8 Å². The van der Waals surface area contributed by atoms with E-state index >= 15 is 0 Å². The van der Waals surface area contributed by atoms with Crippen LogP contribution in [0.15, 0.2) is 90.3 Å². The summed E-state index contributed by atoms with van der Waals surface area (Å²) in [6, 6.07) is 19.7. The quantitative estimate of drug-likeness (QED) is 0.317. The van der Waals surface area contributed by atoms with Crippen LogP contribution in [-0.4, -0.2) is 28.7 Å². The number of para-hydroxylation sites is 2. The van der Waals surface area contributed by atoms with E-state index in [2.05, 4.69) is 21.0 Å². The van der Waals surface area contributed by atoms with Crippen LogP contribution in [0.1, 0.15) is 34.5 Å². The van der Waals surface area contributed by atoms with Gasteiger partial charge in [0, 0.05) is 11.4 Å². The number of carbonyl (C=O) groups is 2. The van der Waals surface area contributed by atoms with Crippen molar-refractivity contribution in [2.24, 2.45) is 0 Å². The van der Waals surface area contributed by atoms with E-state index < -0.39 is 11.9 Å². The van der Waals surface area contributed by atoms with Crippen LogP contribution in [0, 0.1) is 12.7 Å². The number of carbonyl (C=O) groups excluding carboxylic acids is 2. The van der Waals surface area contributed by atoms with E-state index in [1.807, 2.05) is 31.2 Å². The summed E-state index contributed by atoms with van der Waals surface area (Å²) in [6.07, 6.45) is 1.46. The number of halogens is 1. The number of nitrogens with one attached hydrogen (secondary N) is 3. The Bertz CT molecular complexity index is 1560. The first-order valence-corrected chi connectivity index (χ1v) is 12.0. The summed E-state index contributed by atoms with van der Waals surface area (Å²) in [6.45, 7) is 3.70. The molecule has 192 valence electrons. The standard InChI is InChI=1S/C29H26FN5O3/c1-17-7-6-8-21(15-17)33-28(36)22-16-31-35-26(19-11-13-20(30)14-12-19)25(18(2)32-27(22)35)29(37)34-23-9-4-5-10-24(23)38-3/h4-16,26,32H,1-3H3,(H,33,36)(H,34,37)/t26-/m0/s1.